The van der Waals surface area contributed by atoms with Gasteiger partial charge >= 0.3 is 6.03 Å². The Morgan fingerprint density at radius 2 is 2.13 bits per heavy atom. The minimum Gasteiger partial charge on any atom is -0.481 e. The van der Waals surface area contributed by atoms with Crippen molar-refractivity contribution in [3.05, 3.63) is 35.6 Å². The van der Waals surface area contributed by atoms with E-state index < -0.39 is 12.1 Å². The van der Waals surface area contributed by atoms with E-state index in [0.29, 0.717) is 18.5 Å². The average molecular weight is 327 g/mol. The normalized spacial score (nSPS) is 20.0. The van der Waals surface area contributed by atoms with Gasteiger partial charge in [0.1, 0.15) is 5.82 Å². The van der Waals surface area contributed by atoms with Crippen LogP contribution in [-0.4, -0.2) is 47.4 Å². The lowest BCUT2D eigenvalue weighted by Crippen LogP contribution is -2.54. The van der Waals surface area contributed by atoms with E-state index in [9.17, 15) is 14.3 Å². The number of carbonyl (C=O) groups is 2. The quantitative estimate of drug-likeness (QED) is 0.553. The number of β-amino-alcohol motifs (C(OH)–C–C–N with tert-alkyl or cyclic N) is 1. The van der Waals surface area contributed by atoms with Gasteiger partial charge in [-0.05, 0) is 30.7 Å². The van der Waals surface area contributed by atoms with Gasteiger partial charge in [0.25, 0.3) is 5.97 Å². The van der Waals surface area contributed by atoms with Crippen LogP contribution in [0.1, 0.15) is 18.9 Å². The van der Waals surface area contributed by atoms with Crippen LogP contribution in [0.25, 0.3) is 0 Å². The molecule has 0 spiro atoms. The maximum absolute atomic E-state index is 12.9. The molecule has 0 aliphatic carbocycles. The Morgan fingerprint density at radius 3 is 2.74 bits per heavy atom. The SMILES string of the molecule is CC(=O)O.O=C(NCc1cccc(F)c1)N[C@@H]1CCNC[C@H]1O. The molecular weight excluding hydrogens is 305 g/mol. The Balaban J connectivity index is 0.000000593. The van der Waals surface area contributed by atoms with Crippen LogP contribution in [0.2, 0.25) is 0 Å². The van der Waals surface area contributed by atoms with Gasteiger partial charge in [-0.1, -0.05) is 12.1 Å². The van der Waals surface area contributed by atoms with Crippen molar-refractivity contribution in [1.82, 2.24) is 16.0 Å². The van der Waals surface area contributed by atoms with Gasteiger partial charge in [0, 0.05) is 20.0 Å². The van der Waals surface area contributed by atoms with Crippen LogP contribution in [0.15, 0.2) is 24.3 Å². The predicted molar refractivity (Wildman–Crippen MR) is 82.4 cm³/mol. The van der Waals surface area contributed by atoms with Crippen LogP contribution >= 0.6 is 0 Å². The number of benzene rings is 1. The second-order valence-electron chi connectivity index (χ2n) is 5.14. The van der Waals surface area contributed by atoms with Crippen molar-refractivity contribution in [2.24, 2.45) is 0 Å². The number of rotatable bonds is 3. The van der Waals surface area contributed by atoms with E-state index in [4.69, 9.17) is 9.90 Å². The number of aliphatic carboxylic acids is 1. The molecule has 2 atom stereocenters. The molecule has 5 N–H and O–H groups in total. The number of amides is 2. The van der Waals surface area contributed by atoms with Gasteiger partial charge < -0.3 is 26.2 Å². The number of halogens is 1. The molecule has 128 valence electrons. The fourth-order valence-corrected chi connectivity index (χ4v) is 2.06. The second-order valence-corrected chi connectivity index (χ2v) is 5.14. The standard InChI is InChI=1S/C13H18FN3O2.C2H4O2/c14-10-3-1-2-9(6-10)7-16-13(19)17-11-4-5-15-8-12(11)18;1-2(3)4/h1-3,6,11-12,15,18H,4-5,7-8H2,(H2,16,17,19);1H3,(H,3,4)/t11-,12-;/m1./s1. The zero-order chi connectivity index (χ0) is 17.2. The lowest BCUT2D eigenvalue weighted by atomic mass is 10.0. The predicted octanol–water partition coefficient (Wildman–Crippen LogP) is 0.439. The van der Waals surface area contributed by atoms with E-state index in [1.807, 2.05) is 0 Å². The molecule has 1 aromatic carbocycles. The zero-order valence-corrected chi connectivity index (χ0v) is 12.9. The molecule has 2 amide bonds. The van der Waals surface area contributed by atoms with E-state index in [1.54, 1.807) is 12.1 Å². The van der Waals surface area contributed by atoms with Crippen LogP contribution in [0, 0.1) is 5.82 Å². The smallest absolute Gasteiger partial charge is 0.315 e. The summed E-state index contributed by atoms with van der Waals surface area (Å²) in [5, 5.41) is 25.5. The summed E-state index contributed by atoms with van der Waals surface area (Å²) < 4.78 is 12.9. The summed E-state index contributed by atoms with van der Waals surface area (Å²) in [4.78, 5) is 20.7. The Labute approximate surface area is 133 Å². The van der Waals surface area contributed by atoms with E-state index >= 15 is 0 Å². The van der Waals surface area contributed by atoms with Crippen LogP contribution in [0.5, 0.6) is 0 Å². The van der Waals surface area contributed by atoms with Gasteiger partial charge in [-0.15, -0.1) is 0 Å². The number of hydrogen-bond acceptors (Lipinski definition) is 4. The van der Waals surface area contributed by atoms with Crippen molar-refractivity contribution in [2.45, 2.75) is 32.0 Å². The fourth-order valence-electron chi connectivity index (χ4n) is 2.06. The zero-order valence-electron chi connectivity index (χ0n) is 12.9. The number of piperidine rings is 1. The second kappa shape index (κ2) is 9.75. The molecule has 0 bridgehead atoms. The molecule has 0 radical (unpaired) electrons. The van der Waals surface area contributed by atoms with Crippen LogP contribution in [0.4, 0.5) is 9.18 Å². The number of hydrogen-bond donors (Lipinski definition) is 5. The first-order chi connectivity index (χ1) is 10.9. The maximum atomic E-state index is 12.9. The lowest BCUT2D eigenvalue weighted by Gasteiger charge is -2.29. The fraction of sp³-hybridized carbons (Fsp3) is 0.467. The molecule has 1 aromatic rings. The van der Waals surface area contributed by atoms with Crippen LogP contribution in [-0.2, 0) is 11.3 Å². The molecule has 2 rings (SSSR count). The Morgan fingerprint density at radius 1 is 1.43 bits per heavy atom. The highest BCUT2D eigenvalue weighted by Gasteiger charge is 2.23. The Hall–Kier alpha value is -2.19. The van der Waals surface area contributed by atoms with Crippen LogP contribution in [0.3, 0.4) is 0 Å². The molecule has 1 fully saturated rings. The summed E-state index contributed by atoms with van der Waals surface area (Å²) in [6.45, 7) is 2.59. The first-order valence-corrected chi connectivity index (χ1v) is 7.25. The molecule has 1 aliphatic heterocycles. The molecule has 0 unspecified atom stereocenters. The number of carbonyl (C=O) groups excluding carboxylic acids is 1. The summed E-state index contributed by atoms with van der Waals surface area (Å²) in [5.41, 5.74) is 0.695. The van der Waals surface area contributed by atoms with E-state index in [1.165, 1.54) is 12.1 Å². The maximum Gasteiger partial charge on any atom is 0.315 e. The highest BCUT2D eigenvalue weighted by molar-refractivity contribution is 5.74. The summed E-state index contributed by atoms with van der Waals surface area (Å²) in [7, 11) is 0. The molecule has 0 saturated carbocycles. The lowest BCUT2D eigenvalue weighted by molar-refractivity contribution is -0.134. The van der Waals surface area contributed by atoms with Gasteiger partial charge in [-0.2, -0.15) is 0 Å². The highest BCUT2D eigenvalue weighted by atomic mass is 19.1. The van der Waals surface area contributed by atoms with Crippen molar-refractivity contribution >= 4 is 12.0 Å². The van der Waals surface area contributed by atoms with E-state index in [-0.39, 0.29) is 24.4 Å². The first kappa shape index (κ1) is 18.9. The number of carboxylic acids is 1. The monoisotopic (exact) mass is 327 g/mol. The summed E-state index contributed by atoms with van der Waals surface area (Å²) in [6.07, 6.45) is 0.114. The van der Waals surface area contributed by atoms with Crippen molar-refractivity contribution in [2.75, 3.05) is 13.1 Å². The van der Waals surface area contributed by atoms with E-state index in [0.717, 1.165) is 13.5 Å². The van der Waals surface area contributed by atoms with Crippen LogP contribution < -0.4 is 16.0 Å². The van der Waals surface area contributed by atoms with Gasteiger partial charge in [0.05, 0.1) is 12.1 Å². The molecule has 1 saturated heterocycles. The van der Waals surface area contributed by atoms with Gasteiger partial charge in [-0.3, -0.25) is 4.79 Å². The largest absolute Gasteiger partial charge is 0.481 e. The number of aliphatic hydroxyl groups is 1. The summed E-state index contributed by atoms with van der Waals surface area (Å²) >= 11 is 0. The van der Waals surface area contributed by atoms with Crippen molar-refractivity contribution in [3.8, 4) is 0 Å². The third kappa shape index (κ3) is 8.12. The van der Waals surface area contributed by atoms with Crippen molar-refractivity contribution in [1.29, 1.82) is 0 Å². The van der Waals surface area contributed by atoms with Crippen molar-refractivity contribution < 1.29 is 24.2 Å². The van der Waals surface area contributed by atoms with Crippen molar-refractivity contribution in [3.63, 3.8) is 0 Å². The summed E-state index contributed by atoms with van der Waals surface area (Å²) in [5.74, 6) is -1.16. The molecule has 7 nitrogen and oxygen atoms in total. The molecule has 23 heavy (non-hydrogen) atoms. The topological polar surface area (TPSA) is 111 Å². The first-order valence-electron chi connectivity index (χ1n) is 7.25. The number of nitrogens with one attached hydrogen (secondary N) is 3. The van der Waals surface area contributed by atoms with Gasteiger partial charge in [0.15, 0.2) is 0 Å². The van der Waals surface area contributed by atoms with Gasteiger partial charge in [-0.25, -0.2) is 9.18 Å². The molecule has 8 heteroatoms. The summed E-state index contributed by atoms with van der Waals surface area (Å²) in [6, 6.07) is 5.47. The highest BCUT2D eigenvalue weighted by Crippen LogP contribution is 2.04. The number of aliphatic hydroxyl groups excluding tert-OH is 1. The molecule has 0 aromatic heterocycles. The minimum atomic E-state index is -0.833. The third-order valence-electron chi connectivity index (χ3n) is 3.11. The molecule has 1 heterocycles. The van der Waals surface area contributed by atoms with Gasteiger partial charge in [0.2, 0.25) is 0 Å². The Bertz CT molecular complexity index is 523. The number of carboxylic acid groups (broad SMARTS) is 1. The number of urea groups is 1. The third-order valence-corrected chi connectivity index (χ3v) is 3.11. The van der Waals surface area contributed by atoms with E-state index in [2.05, 4.69) is 16.0 Å². The molecular formula is C15H22FN3O4. The average Bonchev–Trinajstić information content (AvgIpc) is 2.47. The molecule has 1 aliphatic rings. The Kier molecular flexibility index (Phi) is 8.00. The minimum absolute atomic E-state index is 0.242.